The molecule has 0 amide bonds. The molecule has 1 aliphatic rings. The minimum atomic E-state index is 0.307. The maximum absolute atomic E-state index is 5.83. The van der Waals surface area contributed by atoms with Crippen molar-refractivity contribution in [2.45, 2.75) is 25.3 Å². The summed E-state index contributed by atoms with van der Waals surface area (Å²) in [7, 11) is 4.07. The summed E-state index contributed by atoms with van der Waals surface area (Å²) in [6, 6.07) is 8.65. The van der Waals surface area contributed by atoms with E-state index in [1.165, 1.54) is 5.69 Å². The fraction of sp³-hybridized carbons (Fsp3) is 0.467. The van der Waals surface area contributed by atoms with Crippen molar-refractivity contribution >= 4 is 5.69 Å². The van der Waals surface area contributed by atoms with Crippen LogP contribution in [0.15, 0.2) is 24.3 Å². The van der Waals surface area contributed by atoms with Gasteiger partial charge in [0.1, 0.15) is 5.82 Å². The molecule has 5 nitrogen and oxygen atoms in total. The first-order valence-electron chi connectivity index (χ1n) is 7.12. The van der Waals surface area contributed by atoms with Gasteiger partial charge < -0.3 is 10.6 Å². The van der Waals surface area contributed by atoms with Gasteiger partial charge in [-0.1, -0.05) is 0 Å². The number of anilines is 1. The van der Waals surface area contributed by atoms with E-state index in [0.29, 0.717) is 12.6 Å². The van der Waals surface area contributed by atoms with Crippen LogP contribution in [0, 0.1) is 0 Å². The summed E-state index contributed by atoms with van der Waals surface area (Å²) >= 11 is 0. The maximum atomic E-state index is 5.83. The van der Waals surface area contributed by atoms with Gasteiger partial charge in [0, 0.05) is 38.3 Å². The molecular weight excluding hydrogens is 250 g/mol. The summed E-state index contributed by atoms with van der Waals surface area (Å²) in [5, 5.41) is 4.66. The first-order chi connectivity index (χ1) is 9.69. The van der Waals surface area contributed by atoms with Gasteiger partial charge >= 0.3 is 0 Å². The van der Waals surface area contributed by atoms with Crippen molar-refractivity contribution in [3.8, 4) is 11.4 Å². The number of hydrogen-bond donors (Lipinski definition) is 1. The molecule has 2 aromatic rings. The van der Waals surface area contributed by atoms with E-state index in [1.807, 2.05) is 18.8 Å². The Hall–Kier alpha value is -1.88. The summed E-state index contributed by atoms with van der Waals surface area (Å²) in [6.45, 7) is 0.634. The predicted molar refractivity (Wildman–Crippen MR) is 80.8 cm³/mol. The highest BCUT2D eigenvalue weighted by molar-refractivity contribution is 5.60. The lowest BCUT2D eigenvalue weighted by atomic mass is 10.1. The van der Waals surface area contributed by atoms with Gasteiger partial charge in [-0.15, -0.1) is 0 Å². The predicted octanol–water partition coefficient (Wildman–Crippen LogP) is 1.85. The van der Waals surface area contributed by atoms with Crippen molar-refractivity contribution in [3.05, 3.63) is 30.1 Å². The zero-order valence-corrected chi connectivity index (χ0v) is 12.1. The number of nitrogens with zero attached hydrogens (tertiary/aromatic N) is 4. The molecule has 0 fully saturated rings. The van der Waals surface area contributed by atoms with Crippen LogP contribution in [-0.4, -0.2) is 35.4 Å². The number of hydrogen-bond acceptors (Lipinski definition) is 4. The molecule has 20 heavy (non-hydrogen) atoms. The third-order valence-electron chi connectivity index (χ3n) is 3.90. The van der Waals surface area contributed by atoms with Gasteiger partial charge in [0.05, 0.1) is 6.04 Å². The van der Waals surface area contributed by atoms with Gasteiger partial charge in [-0.3, -0.25) is 0 Å². The Labute approximate surface area is 119 Å². The molecule has 2 N–H and O–H groups in total. The Balaban J connectivity index is 1.93. The zero-order chi connectivity index (χ0) is 14.1. The van der Waals surface area contributed by atoms with E-state index < -0.39 is 0 Å². The van der Waals surface area contributed by atoms with Gasteiger partial charge in [0.2, 0.25) is 0 Å². The highest BCUT2D eigenvalue weighted by atomic mass is 15.4. The van der Waals surface area contributed by atoms with Crippen molar-refractivity contribution in [2.75, 3.05) is 25.5 Å². The number of nitrogens with two attached hydrogens (primary N) is 1. The smallest absolute Gasteiger partial charge is 0.181 e. The Kier molecular flexibility index (Phi) is 3.44. The highest BCUT2D eigenvalue weighted by Crippen LogP contribution is 2.26. The van der Waals surface area contributed by atoms with Gasteiger partial charge in [-0.25, -0.2) is 9.67 Å². The van der Waals surface area contributed by atoms with Gasteiger partial charge in [0.25, 0.3) is 0 Å². The monoisotopic (exact) mass is 271 g/mol. The fourth-order valence-electron chi connectivity index (χ4n) is 2.69. The Morgan fingerprint density at radius 2 is 2.05 bits per heavy atom. The van der Waals surface area contributed by atoms with Crippen LogP contribution in [0.1, 0.15) is 24.7 Å². The highest BCUT2D eigenvalue weighted by Gasteiger charge is 2.22. The number of aryl methyl sites for hydroxylation is 1. The van der Waals surface area contributed by atoms with E-state index in [2.05, 4.69) is 39.2 Å². The van der Waals surface area contributed by atoms with Crippen LogP contribution in [0.2, 0.25) is 0 Å². The summed E-state index contributed by atoms with van der Waals surface area (Å²) in [4.78, 5) is 6.76. The van der Waals surface area contributed by atoms with Crippen molar-refractivity contribution in [3.63, 3.8) is 0 Å². The summed E-state index contributed by atoms with van der Waals surface area (Å²) in [5.41, 5.74) is 8.07. The molecule has 0 radical (unpaired) electrons. The lowest BCUT2D eigenvalue weighted by molar-refractivity contribution is 0.370. The average molecular weight is 271 g/mol. The molecule has 1 unspecified atom stereocenters. The second-order valence-electron chi connectivity index (χ2n) is 5.52. The third kappa shape index (κ3) is 2.29. The second-order valence-corrected chi connectivity index (χ2v) is 5.52. The molecule has 2 heterocycles. The van der Waals surface area contributed by atoms with Crippen molar-refractivity contribution in [2.24, 2.45) is 5.73 Å². The minimum Gasteiger partial charge on any atom is -0.378 e. The molecule has 1 aromatic carbocycles. The van der Waals surface area contributed by atoms with Gasteiger partial charge in [-0.05, 0) is 37.1 Å². The molecule has 0 saturated heterocycles. The van der Waals surface area contributed by atoms with E-state index >= 15 is 0 Å². The van der Waals surface area contributed by atoms with Gasteiger partial charge in [0.15, 0.2) is 5.82 Å². The molecule has 0 bridgehead atoms. The topological polar surface area (TPSA) is 60.0 Å². The zero-order valence-electron chi connectivity index (χ0n) is 12.1. The van der Waals surface area contributed by atoms with E-state index in [4.69, 9.17) is 5.73 Å². The van der Waals surface area contributed by atoms with Crippen LogP contribution >= 0.6 is 0 Å². The molecular formula is C15H21N5. The van der Waals surface area contributed by atoms with Gasteiger partial charge in [-0.2, -0.15) is 5.10 Å². The molecule has 0 saturated carbocycles. The first kappa shape index (κ1) is 13.1. The van der Waals surface area contributed by atoms with Crippen LogP contribution in [0.4, 0.5) is 5.69 Å². The largest absolute Gasteiger partial charge is 0.378 e. The molecule has 1 aliphatic heterocycles. The Morgan fingerprint density at radius 1 is 1.30 bits per heavy atom. The van der Waals surface area contributed by atoms with Crippen LogP contribution in [-0.2, 0) is 6.42 Å². The van der Waals surface area contributed by atoms with E-state index in [-0.39, 0.29) is 0 Å². The minimum absolute atomic E-state index is 0.307. The molecule has 0 spiro atoms. The van der Waals surface area contributed by atoms with E-state index in [9.17, 15) is 0 Å². The average Bonchev–Trinajstić information content (AvgIpc) is 2.91. The Morgan fingerprint density at radius 3 is 2.70 bits per heavy atom. The van der Waals surface area contributed by atoms with Crippen LogP contribution in [0.25, 0.3) is 11.4 Å². The number of fused-ring (bicyclic) bond motifs is 1. The maximum Gasteiger partial charge on any atom is 0.181 e. The van der Waals surface area contributed by atoms with Crippen LogP contribution in [0.3, 0.4) is 0 Å². The molecule has 3 rings (SSSR count). The normalized spacial score (nSPS) is 17.9. The first-order valence-corrected chi connectivity index (χ1v) is 7.12. The van der Waals surface area contributed by atoms with Crippen LogP contribution in [0.5, 0.6) is 0 Å². The standard InChI is InChI=1S/C15H21N5/c1-19(2)12-8-6-11(7-9-12)15-17-14-5-3-4-13(10-16)20(14)18-15/h6-9,13H,3-5,10,16H2,1-2H3. The molecule has 1 atom stereocenters. The van der Waals surface area contributed by atoms with Crippen molar-refractivity contribution in [1.29, 1.82) is 0 Å². The second kappa shape index (κ2) is 5.25. The number of benzene rings is 1. The Bertz CT molecular complexity index is 585. The SMILES string of the molecule is CN(C)c1ccc(-c2nc3n(n2)C(CN)CCC3)cc1. The fourth-order valence-corrected chi connectivity index (χ4v) is 2.69. The van der Waals surface area contributed by atoms with E-state index in [1.54, 1.807) is 0 Å². The lowest BCUT2D eigenvalue weighted by Crippen LogP contribution is -2.25. The molecule has 1 aromatic heterocycles. The van der Waals surface area contributed by atoms with Crippen LogP contribution < -0.4 is 10.6 Å². The van der Waals surface area contributed by atoms with Crippen molar-refractivity contribution in [1.82, 2.24) is 14.8 Å². The number of rotatable bonds is 3. The number of aromatic nitrogens is 3. The van der Waals surface area contributed by atoms with E-state index in [0.717, 1.165) is 36.5 Å². The molecule has 5 heteroatoms. The third-order valence-corrected chi connectivity index (χ3v) is 3.90. The quantitative estimate of drug-likeness (QED) is 0.925. The molecule has 106 valence electrons. The summed E-state index contributed by atoms with van der Waals surface area (Å²) in [5.74, 6) is 1.88. The van der Waals surface area contributed by atoms with Crippen molar-refractivity contribution < 1.29 is 0 Å². The molecule has 0 aliphatic carbocycles. The summed E-state index contributed by atoms with van der Waals surface area (Å²) < 4.78 is 2.03. The summed E-state index contributed by atoms with van der Waals surface area (Å²) in [6.07, 6.45) is 3.25. The lowest BCUT2D eigenvalue weighted by Gasteiger charge is -2.21.